The average molecular weight is 351 g/mol. The van der Waals surface area contributed by atoms with Gasteiger partial charge in [0.1, 0.15) is 0 Å². The standard InChI is InChI=1S/C18H34N6O/c1-6-19-18(21-13-14(2)24-9-11-25-12-10-24)20-8-7-17-15(3)22-23(5)16(17)4/h14H,6-13H2,1-5H3,(H2,19,20,21). The molecule has 0 bridgehead atoms. The molecule has 1 saturated heterocycles. The van der Waals surface area contributed by atoms with Gasteiger partial charge in [0.15, 0.2) is 5.96 Å². The third-order valence-corrected chi connectivity index (χ3v) is 4.85. The molecule has 142 valence electrons. The van der Waals surface area contributed by atoms with Gasteiger partial charge in [-0.15, -0.1) is 0 Å². The Labute approximate surface area is 151 Å². The normalized spacial score (nSPS) is 17.6. The third kappa shape index (κ3) is 5.71. The summed E-state index contributed by atoms with van der Waals surface area (Å²) in [6, 6.07) is 0.433. The first-order valence-electron chi connectivity index (χ1n) is 9.36. The maximum Gasteiger partial charge on any atom is 0.191 e. The predicted molar refractivity (Wildman–Crippen MR) is 102 cm³/mol. The molecule has 1 aliphatic heterocycles. The van der Waals surface area contributed by atoms with Crippen LogP contribution in [0.1, 0.15) is 30.8 Å². The van der Waals surface area contributed by atoms with E-state index in [4.69, 9.17) is 9.73 Å². The number of nitrogens with one attached hydrogen (secondary N) is 2. The zero-order chi connectivity index (χ0) is 18.2. The number of rotatable bonds is 7. The summed E-state index contributed by atoms with van der Waals surface area (Å²) in [5, 5.41) is 11.3. The number of aromatic nitrogens is 2. The monoisotopic (exact) mass is 350 g/mol. The highest BCUT2D eigenvalue weighted by atomic mass is 16.5. The van der Waals surface area contributed by atoms with Gasteiger partial charge in [0, 0.05) is 45.0 Å². The van der Waals surface area contributed by atoms with Crippen LogP contribution in [0.3, 0.4) is 0 Å². The minimum atomic E-state index is 0.433. The van der Waals surface area contributed by atoms with E-state index >= 15 is 0 Å². The number of hydrogen-bond donors (Lipinski definition) is 2. The maximum atomic E-state index is 5.42. The van der Waals surface area contributed by atoms with Gasteiger partial charge in [-0.3, -0.25) is 14.6 Å². The molecule has 0 aliphatic carbocycles. The smallest absolute Gasteiger partial charge is 0.191 e. The fourth-order valence-corrected chi connectivity index (χ4v) is 3.18. The van der Waals surface area contributed by atoms with Crippen molar-refractivity contribution in [2.24, 2.45) is 12.0 Å². The van der Waals surface area contributed by atoms with Gasteiger partial charge in [-0.25, -0.2) is 0 Å². The second-order valence-electron chi connectivity index (χ2n) is 6.67. The Balaban J connectivity index is 1.84. The second-order valence-corrected chi connectivity index (χ2v) is 6.67. The Kier molecular flexibility index (Phi) is 7.71. The van der Waals surface area contributed by atoms with Crippen LogP contribution in [0.2, 0.25) is 0 Å². The Morgan fingerprint density at radius 1 is 1.28 bits per heavy atom. The number of morpholine rings is 1. The maximum absolute atomic E-state index is 5.42. The van der Waals surface area contributed by atoms with Crippen LogP contribution < -0.4 is 10.6 Å². The number of aliphatic imine (C=N–C) groups is 1. The van der Waals surface area contributed by atoms with Gasteiger partial charge in [0.2, 0.25) is 0 Å². The van der Waals surface area contributed by atoms with Crippen LogP contribution in [0.15, 0.2) is 4.99 Å². The van der Waals surface area contributed by atoms with Crippen molar-refractivity contribution in [1.82, 2.24) is 25.3 Å². The lowest BCUT2D eigenvalue weighted by Gasteiger charge is -2.31. The second kappa shape index (κ2) is 9.77. The van der Waals surface area contributed by atoms with Crippen molar-refractivity contribution >= 4 is 5.96 Å². The van der Waals surface area contributed by atoms with Crippen molar-refractivity contribution in [3.05, 3.63) is 17.0 Å². The third-order valence-electron chi connectivity index (χ3n) is 4.85. The van der Waals surface area contributed by atoms with Crippen molar-refractivity contribution < 1.29 is 4.74 Å². The number of nitrogens with zero attached hydrogens (tertiary/aromatic N) is 4. The van der Waals surface area contributed by atoms with Gasteiger partial charge in [-0.05, 0) is 39.7 Å². The van der Waals surface area contributed by atoms with Crippen LogP contribution >= 0.6 is 0 Å². The number of ether oxygens (including phenoxy) is 1. The van der Waals surface area contributed by atoms with E-state index in [1.807, 2.05) is 11.7 Å². The Morgan fingerprint density at radius 3 is 2.60 bits per heavy atom. The van der Waals surface area contributed by atoms with E-state index in [0.717, 1.165) is 64.0 Å². The van der Waals surface area contributed by atoms with Crippen molar-refractivity contribution in [2.45, 2.75) is 40.2 Å². The summed E-state index contributed by atoms with van der Waals surface area (Å²) >= 11 is 0. The molecule has 0 amide bonds. The van der Waals surface area contributed by atoms with Gasteiger partial charge >= 0.3 is 0 Å². The highest BCUT2D eigenvalue weighted by molar-refractivity contribution is 5.79. The number of guanidine groups is 1. The molecule has 1 fully saturated rings. The van der Waals surface area contributed by atoms with Crippen LogP contribution in [-0.2, 0) is 18.2 Å². The number of hydrogen-bond acceptors (Lipinski definition) is 4. The van der Waals surface area contributed by atoms with Gasteiger partial charge in [-0.1, -0.05) is 0 Å². The Morgan fingerprint density at radius 2 is 2.00 bits per heavy atom. The largest absolute Gasteiger partial charge is 0.379 e. The zero-order valence-corrected chi connectivity index (χ0v) is 16.4. The molecule has 0 saturated carbocycles. The topological polar surface area (TPSA) is 66.7 Å². The van der Waals surface area contributed by atoms with E-state index in [-0.39, 0.29) is 0 Å². The summed E-state index contributed by atoms with van der Waals surface area (Å²) in [5.74, 6) is 0.891. The molecule has 0 aromatic carbocycles. The molecule has 0 radical (unpaired) electrons. The van der Waals surface area contributed by atoms with Crippen LogP contribution in [-0.4, -0.2) is 72.6 Å². The first kappa shape index (κ1) is 19.7. The van der Waals surface area contributed by atoms with E-state index in [1.165, 1.54) is 11.3 Å². The lowest BCUT2D eigenvalue weighted by molar-refractivity contribution is 0.0220. The molecule has 25 heavy (non-hydrogen) atoms. The molecule has 2 rings (SSSR count). The Bertz CT molecular complexity index is 562. The molecule has 7 nitrogen and oxygen atoms in total. The summed E-state index contributed by atoms with van der Waals surface area (Å²) in [6.45, 7) is 14.7. The highest BCUT2D eigenvalue weighted by Crippen LogP contribution is 2.11. The van der Waals surface area contributed by atoms with Crippen molar-refractivity contribution in [3.8, 4) is 0 Å². The molecule has 1 aromatic heterocycles. The molecule has 1 aromatic rings. The minimum Gasteiger partial charge on any atom is -0.379 e. The summed E-state index contributed by atoms with van der Waals surface area (Å²) < 4.78 is 7.37. The number of aryl methyl sites for hydroxylation is 2. The molecule has 7 heteroatoms. The van der Waals surface area contributed by atoms with E-state index in [0.29, 0.717) is 6.04 Å². The van der Waals surface area contributed by atoms with Crippen LogP contribution in [0.5, 0.6) is 0 Å². The molecule has 1 aliphatic rings. The minimum absolute atomic E-state index is 0.433. The average Bonchev–Trinajstić information content (AvgIpc) is 2.86. The van der Waals surface area contributed by atoms with Gasteiger partial charge in [-0.2, -0.15) is 5.10 Å². The van der Waals surface area contributed by atoms with Gasteiger partial charge in [0.25, 0.3) is 0 Å². The fourth-order valence-electron chi connectivity index (χ4n) is 3.18. The van der Waals surface area contributed by atoms with Crippen molar-refractivity contribution in [3.63, 3.8) is 0 Å². The lowest BCUT2D eigenvalue weighted by atomic mass is 10.1. The predicted octanol–water partition coefficient (Wildman–Crippen LogP) is 0.855. The molecule has 2 heterocycles. The first-order valence-corrected chi connectivity index (χ1v) is 9.36. The van der Waals surface area contributed by atoms with Crippen LogP contribution in [0.4, 0.5) is 0 Å². The molecule has 2 N–H and O–H groups in total. The van der Waals surface area contributed by atoms with E-state index < -0.39 is 0 Å². The van der Waals surface area contributed by atoms with E-state index in [1.54, 1.807) is 0 Å². The molecule has 1 atom stereocenters. The highest BCUT2D eigenvalue weighted by Gasteiger charge is 2.16. The zero-order valence-electron chi connectivity index (χ0n) is 16.4. The van der Waals surface area contributed by atoms with Gasteiger partial charge < -0.3 is 15.4 Å². The first-order chi connectivity index (χ1) is 12.0. The summed E-state index contributed by atoms with van der Waals surface area (Å²) in [5.41, 5.74) is 3.68. The molecular weight excluding hydrogens is 316 g/mol. The van der Waals surface area contributed by atoms with Crippen LogP contribution in [0.25, 0.3) is 0 Å². The SMILES string of the molecule is CCNC(=NCC(C)N1CCOCC1)NCCc1c(C)nn(C)c1C. The van der Waals surface area contributed by atoms with E-state index in [9.17, 15) is 0 Å². The fraction of sp³-hybridized carbons (Fsp3) is 0.778. The molecular formula is C18H34N6O. The summed E-state index contributed by atoms with van der Waals surface area (Å²) in [7, 11) is 2.00. The lowest BCUT2D eigenvalue weighted by Crippen LogP contribution is -2.44. The summed E-state index contributed by atoms with van der Waals surface area (Å²) in [6.07, 6.45) is 0.953. The Hall–Kier alpha value is -1.60. The molecule has 0 spiro atoms. The molecule has 1 unspecified atom stereocenters. The van der Waals surface area contributed by atoms with Crippen molar-refractivity contribution in [1.29, 1.82) is 0 Å². The van der Waals surface area contributed by atoms with Gasteiger partial charge in [0.05, 0.1) is 25.5 Å². The van der Waals surface area contributed by atoms with E-state index in [2.05, 4.69) is 48.3 Å². The van der Waals surface area contributed by atoms with Crippen LogP contribution in [0, 0.1) is 13.8 Å². The van der Waals surface area contributed by atoms with Crippen molar-refractivity contribution in [2.75, 3.05) is 45.9 Å². The quantitative estimate of drug-likeness (QED) is 0.564. The summed E-state index contributed by atoms with van der Waals surface area (Å²) in [4.78, 5) is 7.20.